The number of H-pyrrole nitrogens is 2. The van der Waals surface area contributed by atoms with Gasteiger partial charge >= 0.3 is 0 Å². The van der Waals surface area contributed by atoms with Crippen molar-refractivity contribution in [3.05, 3.63) is 35.2 Å². The average Bonchev–Trinajstić information content (AvgIpc) is 2.64. The maximum absolute atomic E-state index is 10.1. The van der Waals surface area contributed by atoms with Crippen LogP contribution in [0.2, 0.25) is 0 Å². The molecule has 0 bridgehead atoms. The molecule has 0 aliphatic heterocycles. The Morgan fingerprint density at radius 2 is 2.12 bits per heavy atom. The van der Waals surface area contributed by atoms with Gasteiger partial charge in [-0.3, -0.25) is 0 Å². The summed E-state index contributed by atoms with van der Waals surface area (Å²) in [4.78, 5) is 16.2. The smallest absolute Gasteiger partial charge is 0.175 e. The fourth-order valence-corrected chi connectivity index (χ4v) is 1.62. The number of allylic oxidation sites excluding steroid dienone is 1. The van der Waals surface area contributed by atoms with Crippen LogP contribution in [0.5, 0.6) is 0 Å². The Bertz CT molecular complexity index is 582. The van der Waals surface area contributed by atoms with Gasteiger partial charge in [-0.15, -0.1) is 0 Å². The summed E-state index contributed by atoms with van der Waals surface area (Å²) in [6, 6.07) is 5.83. The molecule has 0 amide bonds. The second-order valence-corrected chi connectivity index (χ2v) is 3.70. The number of rotatable bonds is 4. The molecule has 0 aliphatic carbocycles. The van der Waals surface area contributed by atoms with Crippen LogP contribution in [0, 0.1) is 4.77 Å². The topological polar surface area (TPSA) is 60.7 Å². The zero-order chi connectivity index (χ0) is 11.4. The molecule has 0 saturated carbocycles. The highest BCUT2D eigenvalue weighted by Gasteiger charge is 1.96. The minimum absolute atomic E-state index is 0.418. The van der Waals surface area contributed by atoms with E-state index in [1.165, 1.54) is 0 Å². The molecule has 1 heterocycles. The molecule has 2 rings (SSSR count). The van der Waals surface area contributed by atoms with Crippen molar-refractivity contribution >= 4 is 35.2 Å². The van der Waals surface area contributed by atoms with Crippen molar-refractivity contribution in [2.45, 2.75) is 6.42 Å². The molecular formula is C11H11N3OS. The van der Waals surface area contributed by atoms with E-state index in [4.69, 9.17) is 12.2 Å². The zero-order valence-corrected chi connectivity index (χ0v) is 9.30. The lowest BCUT2D eigenvalue weighted by Crippen LogP contribution is -1.86. The normalized spacial score (nSPS) is 11.0. The predicted octanol–water partition coefficient (Wildman–Crippen LogP) is 2.74. The number of fused-ring (bicyclic) bond motifs is 1. The summed E-state index contributed by atoms with van der Waals surface area (Å²) in [5.74, 6) is 0. The molecule has 0 spiro atoms. The lowest BCUT2D eigenvalue weighted by Gasteiger charge is -1.99. The van der Waals surface area contributed by atoms with Gasteiger partial charge in [0.1, 0.15) is 6.29 Å². The van der Waals surface area contributed by atoms with E-state index in [0.29, 0.717) is 11.2 Å². The van der Waals surface area contributed by atoms with Gasteiger partial charge in [-0.2, -0.15) is 0 Å². The molecule has 4 nitrogen and oxygen atoms in total. The van der Waals surface area contributed by atoms with Crippen LogP contribution in [0.25, 0.3) is 11.0 Å². The second-order valence-electron chi connectivity index (χ2n) is 3.29. The van der Waals surface area contributed by atoms with E-state index < -0.39 is 0 Å². The molecule has 3 N–H and O–H groups in total. The van der Waals surface area contributed by atoms with E-state index in [-0.39, 0.29) is 0 Å². The van der Waals surface area contributed by atoms with Crippen LogP contribution in [0.4, 0.5) is 5.69 Å². The number of benzene rings is 1. The van der Waals surface area contributed by atoms with Crippen molar-refractivity contribution in [1.29, 1.82) is 0 Å². The molecule has 1 aromatic heterocycles. The van der Waals surface area contributed by atoms with E-state index in [9.17, 15) is 4.79 Å². The molecule has 0 unspecified atom stereocenters. The Morgan fingerprint density at radius 1 is 1.31 bits per heavy atom. The molecule has 1 aromatic carbocycles. The third-order valence-electron chi connectivity index (χ3n) is 2.12. The van der Waals surface area contributed by atoms with Crippen LogP contribution in [0.3, 0.4) is 0 Å². The number of hydrogen-bond acceptors (Lipinski definition) is 3. The monoisotopic (exact) mass is 233 g/mol. The van der Waals surface area contributed by atoms with Gasteiger partial charge in [0.2, 0.25) is 0 Å². The first-order valence-electron chi connectivity index (χ1n) is 4.87. The molecule has 82 valence electrons. The minimum Gasteiger partial charge on any atom is -0.362 e. The molecule has 0 saturated heterocycles. The highest BCUT2D eigenvalue weighted by Crippen LogP contribution is 2.16. The Labute approximate surface area is 97.4 Å². The standard InChI is InChI=1S/C11H11N3OS/c15-6-2-1-5-12-8-3-4-9-10(7-8)14-11(16)13-9/h1,3-7,12H,2H2,(H2,13,14,16)/b5-1-. The Balaban J connectivity index is 2.19. The van der Waals surface area contributed by atoms with Gasteiger partial charge in [-0.05, 0) is 36.6 Å². The van der Waals surface area contributed by atoms with E-state index in [2.05, 4.69) is 15.3 Å². The van der Waals surface area contributed by atoms with Crippen LogP contribution < -0.4 is 5.32 Å². The van der Waals surface area contributed by atoms with Crippen LogP contribution in [-0.4, -0.2) is 16.3 Å². The van der Waals surface area contributed by atoms with Crippen LogP contribution in [0.1, 0.15) is 6.42 Å². The van der Waals surface area contributed by atoms with Crippen molar-refractivity contribution in [2.24, 2.45) is 0 Å². The highest BCUT2D eigenvalue weighted by molar-refractivity contribution is 7.71. The number of carbonyl (C=O) groups excluding carboxylic acids is 1. The maximum Gasteiger partial charge on any atom is 0.175 e. The van der Waals surface area contributed by atoms with Crippen molar-refractivity contribution < 1.29 is 4.79 Å². The summed E-state index contributed by atoms with van der Waals surface area (Å²) in [6.07, 6.45) is 4.78. The summed E-state index contributed by atoms with van der Waals surface area (Å²) in [5, 5.41) is 3.07. The molecule has 0 aliphatic rings. The SMILES string of the molecule is O=CC/C=C\Nc1ccc2[nH]c(=S)[nH]c2c1. The first-order valence-corrected chi connectivity index (χ1v) is 5.27. The lowest BCUT2D eigenvalue weighted by atomic mass is 10.3. The highest BCUT2D eigenvalue weighted by atomic mass is 32.1. The summed E-state index contributed by atoms with van der Waals surface area (Å²) < 4.78 is 0.614. The fourth-order valence-electron chi connectivity index (χ4n) is 1.40. The number of imidazole rings is 1. The van der Waals surface area contributed by atoms with E-state index in [0.717, 1.165) is 23.0 Å². The van der Waals surface area contributed by atoms with Gasteiger partial charge in [-0.25, -0.2) is 0 Å². The van der Waals surface area contributed by atoms with Crippen molar-refractivity contribution in [3.63, 3.8) is 0 Å². The number of nitrogens with one attached hydrogen (secondary N) is 3. The second kappa shape index (κ2) is 4.76. The van der Waals surface area contributed by atoms with Crippen molar-refractivity contribution in [1.82, 2.24) is 9.97 Å². The fraction of sp³-hybridized carbons (Fsp3) is 0.0909. The maximum atomic E-state index is 10.1. The number of aldehydes is 1. The van der Waals surface area contributed by atoms with Crippen LogP contribution in [0.15, 0.2) is 30.5 Å². The molecular weight excluding hydrogens is 222 g/mol. The Hall–Kier alpha value is -1.88. The molecule has 0 fully saturated rings. The van der Waals surface area contributed by atoms with Gasteiger partial charge < -0.3 is 20.1 Å². The largest absolute Gasteiger partial charge is 0.362 e. The molecule has 5 heteroatoms. The number of carbonyl (C=O) groups is 1. The first-order chi connectivity index (χ1) is 7.79. The summed E-state index contributed by atoms with van der Waals surface area (Å²) in [7, 11) is 0. The van der Waals surface area contributed by atoms with Gasteiger partial charge in [0.25, 0.3) is 0 Å². The van der Waals surface area contributed by atoms with Gasteiger partial charge in [0, 0.05) is 12.1 Å². The predicted molar refractivity (Wildman–Crippen MR) is 66.9 cm³/mol. The van der Waals surface area contributed by atoms with Crippen LogP contribution in [-0.2, 0) is 4.79 Å². The van der Waals surface area contributed by atoms with E-state index in [1.807, 2.05) is 18.2 Å². The van der Waals surface area contributed by atoms with Gasteiger partial charge in [0.05, 0.1) is 11.0 Å². The van der Waals surface area contributed by atoms with Crippen molar-refractivity contribution in [2.75, 3.05) is 5.32 Å². The third kappa shape index (κ3) is 2.38. The molecule has 0 radical (unpaired) electrons. The number of hydrogen-bond donors (Lipinski definition) is 3. The van der Waals surface area contributed by atoms with E-state index >= 15 is 0 Å². The van der Waals surface area contributed by atoms with Crippen LogP contribution >= 0.6 is 12.2 Å². The first kappa shape index (κ1) is 10.6. The van der Waals surface area contributed by atoms with Gasteiger partial charge in [-0.1, -0.05) is 6.08 Å². The summed E-state index contributed by atoms with van der Waals surface area (Å²) >= 11 is 4.99. The summed E-state index contributed by atoms with van der Waals surface area (Å²) in [5.41, 5.74) is 2.88. The lowest BCUT2D eigenvalue weighted by molar-refractivity contribution is -0.107. The number of aromatic amines is 2. The number of anilines is 1. The summed E-state index contributed by atoms with van der Waals surface area (Å²) in [6.45, 7) is 0. The molecule has 2 aromatic rings. The Kier molecular flexibility index (Phi) is 3.16. The molecule has 0 atom stereocenters. The Morgan fingerprint density at radius 3 is 2.94 bits per heavy atom. The minimum atomic E-state index is 0.418. The van der Waals surface area contributed by atoms with Gasteiger partial charge in [0.15, 0.2) is 4.77 Å². The van der Waals surface area contributed by atoms with E-state index in [1.54, 1.807) is 12.3 Å². The van der Waals surface area contributed by atoms with Crippen molar-refractivity contribution in [3.8, 4) is 0 Å². The third-order valence-corrected chi connectivity index (χ3v) is 2.32. The molecule has 16 heavy (non-hydrogen) atoms. The average molecular weight is 233 g/mol. The quantitative estimate of drug-likeness (QED) is 0.562. The zero-order valence-electron chi connectivity index (χ0n) is 8.49. The number of aromatic nitrogens is 2.